The van der Waals surface area contributed by atoms with Crippen molar-refractivity contribution < 1.29 is 9.90 Å². The molecule has 2 aliphatic rings. The summed E-state index contributed by atoms with van der Waals surface area (Å²) >= 11 is 0. The molecule has 3 unspecified atom stereocenters. The second-order valence-electron chi connectivity index (χ2n) is 4.32. The molecule has 74 valence electrons. The van der Waals surface area contributed by atoms with E-state index in [1.54, 1.807) is 0 Å². The molecule has 1 saturated carbocycles. The van der Waals surface area contributed by atoms with E-state index in [0.717, 1.165) is 12.5 Å². The van der Waals surface area contributed by atoms with E-state index >= 15 is 0 Å². The molecule has 0 amide bonds. The molecule has 0 bridgehead atoms. The van der Waals surface area contributed by atoms with Gasteiger partial charge in [0.2, 0.25) is 0 Å². The van der Waals surface area contributed by atoms with Crippen molar-refractivity contribution in [3.05, 3.63) is 0 Å². The largest absolute Gasteiger partial charge is 0.481 e. The van der Waals surface area contributed by atoms with E-state index in [2.05, 4.69) is 5.32 Å². The Balaban J connectivity index is 1.94. The molecule has 0 radical (unpaired) electrons. The minimum absolute atomic E-state index is 0.253. The number of carbonyl (C=O) groups is 1. The number of hydrogen-bond acceptors (Lipinski definition) is 2. The molecule has 3 nitrogen and oxygen atoms in total. The van der Waals surface area contributed by atoms with Gasteiger partial charge in [-0.2, -0.15) is 0 Å². The van der Waals surface area contributed by atoms with Crippen LogP contribution in [0.25, 0.3) is 0 Å². The van der Waals surface area contributed by atoms with Crippen LogP contribution in [0.2, 0.25) is 0 Å². The van der Waals surface area contributed by atoms with Crippen LogP contribution in [0.5, 0.6) is 0 Å². The predicted molar refractivity (Wildman–Crippen MR) is 49.5 cm³/mol. The summed E-state index contributed by atoms with van der Waals surface area (Å²) in [6, 6.07) is 0.253. The van der Waals surface area contributed by atoms with Gasteiger partial charge < -0.3 is 10.4 Å². The number of aliphatic carboxylic acids is 1. The third-order valence-electron chi connectivity index (χ3n) is 3.52. The fourth-order valence-electron chi connectivity index (χ4n) is 2.89. The lowest BCUT2D eigenvalue weighted by atomic mass is 9.78. The van der Waals surface area contributed by atoms with Crippen LogP contribution < -0.4 is 5.32 Å². The van der Waals surface area contributed by atoms with Crippen molar-refractivity contribution in [3.8, 4) is 0 Å². The van der Waals surface area contributed by atoms with E-state index < -0.39 is 5.97 Å². The van der Waals surface area contributed by atoms with Crippen LogP contribution in [0.4, 0.5) is 0 Å². The molecule has 3 atom stereocenters. The average molecular weight is 183 g/mol. The van der Waals surface area contributed by atoms with Gasteiger partial charge >= 0.3 is 5.97 Å². The predicted octanol–water partition coefficient (Wildman–Crippen LogP) is 1.24. The van der Waals surface area contributed by atoms with Gasteiger partial charge in [0, 0.05) is 6.04 Å². The molecule has 1 saturated heterocycles. The standard InChI is InChI=1S/C10H17NO2/c12-10(13)5-9-8-4-2-1-3-7(8)6-11-9/h7-9,11H,1-6H2,(H,12,13). The first kappa shape index (κ1) is 9.00. The van der Waals surface area contributed by atoms with Crippen LogP contribution in [-0.2, 0) is 4.79 Å². The molecule has 1 heterocycles. The molecule has 1 aliphatic heterocycles. The highest BCUT2D eigenvalue weighted by atomic mass is 16.4. The summed E-state index contributed by atoms with van der Waals surface area (Å²) in [6.07, 6.45) is 5.46. The summed E-state index contributed by atoms with van der Waals surface area (Å²) in [5, 5.41) is 12.1. The van der Waals surface area contributed by atoms with Crippen molar-refractivity contribution in [1.82, 2.24) is 5.32 Å². The fraction of sp³-hybridized carbons (Fsp3) is 0.900. The van der Waals surface area contributed by atoms with E-state index in [4.69, 9.17) is 5.11 Å². The van der Waals surface area contributed by atoms with Crippen molar-refractivity contribution in [2.45, 2.75) is 38.1 Å². The Labute approximate surface area is 78.5 Å². The van der Waals surface area contributed by atoms with Crippen molar-refractivity contribution in [1.29, 1.82) is 0 Å². The maximum Gasteiger partial charge on any atom is 0.304 e. The smallest absolute Gasteiger partial charge is 0.304 e. The Kier molecular flexibility index (Phi) is 2.54. The maximum atomic E-state index is 10.6. The van der Waals surface area contributed by atoms with Crippen LogP contribution in [0.3, 0.4) is 0 Å². The Morgan fingerprint density at radius 1 is 1.38 bits per heavy atom. The van der Waals surface area contributed by atoms with Gasteiger partial charge in [-0.1, -0.05) is 12.8 Å². The number of carboxylic acid groups (broad SMARTS) is 1. The Morgan fingerprint density at radius 2 is 2.15 bits per heavy atom. The van der Waals surface area contributed by atoms with Gasteiger partial charge in [0.15, 0.2) is 0 Å². The Hall–Kier alpha value is -0.570. The molecule has 0 aromatic carbocycles. The SMILES string of the molecule is O=C(O)CC1NCC2CCCCC21. The molecule has 2 fully saturated rings. The minimum Gasteiger partial charge on any atom is -0.481 e. The lowest BCUT2D eigenvalue weighted by Gasteiger charge is -2.27. The molecule has 0 aromatic heterocycles. The first-order valence-corrected chi connectivity index (χ1v) is 5.22. The third kappa shape index (κ3) is 1.85. The average Bonchev–Trinajstić information content (AvgIpc) is 2.48. The van der Waals surface area contributed by atoms with Crippen molar-refractivity contribution in [2.24, 2.45) is 11.8 Å². The Morgan fingerprint density at radius 3 is 2.92 bits per heavy atom. The summed E-state index contributed by atoms with van der Waals surface area (Å²) in [4.78, 5) is 10.6. The number of hydrogen-bond donors (Lipinski definition) is 2. The molecular formula is C10H17NO2. The van der Waals surface area contributed by atoms with E-state index in [-0.39, 0.29) is 6.04 Å². The highest BCUT2D eigenvalue weighted by Gasteiger charge is 2.37. The van der Waals surface area contributed by atoms with E-state index in [1.807, 2.05) is 0 Å². The fourth-order valence-corrected chi connectivity index (χ4v) is 2.89. The quantitative estimate of drug-likeness (QED) is 0.677. The van der Waals surface area contributed by atoms with E-state index in [1.165, 1.54) is 25.7 Å². The van der Waals surface area contributed by atoms with Crippen LogP contribution in [0.1, 0.15) is 32.1 Å². The van der Waals surface area contributed by atoms with Gasteiger partial charge in [-0.15, -0.1) is 0 Å². The van der Waals surface area contributed by atoms with Crippen molar-refractivity contribution >= 4 is 5.97 Å². The summed E-state index contributed by atoms with van der Waals surface area (Å²) in [6.45, 7) is 1.04. The molecule has 2 rings (SSSR count). The Bertz CT molecular complexity index is 205. The first-order chi connectivity index (χ1) is 6.27. The summed E-state index contributed by atoms with van der Waals surface area (Å²) in [5.74, 6) is 0.742. The highest BCUT2D eigenvalue weighted by Crippen LogP contribution is 2.36. The zero-order valence-corrected chi connectivity index (χ0v) is 7.83. The lowest BCUT2D eigenvalue weighted by Crippen LogP contribution is -2.30. The number of nitrogens with one attached hydrogen (secondary N) is 1. The summed E-state index contributed by atoms with van der Waals surface area (Å²) < 4.78 is 0. The molecule has 3 heteroatoms. The summed E-state index contributed by atoms with van der Waals surface area (Å²) in [5.41, 5.74) is 0. The highest BCUT2D eigenvalue weighted by molar-refractivity contribution is 5.67. The summed E-state index contributed by atoms with van der Waals surface area (Å²) in [7, 11) is 0. The van der Waals surface area contributed by atoms with Crippen LogP contribution in [0, 0.1) is 11.8 Å². The number of fused-ring (bicyclic) bond motifs is 1. The van der Waals surface area contributed by atoms with Crippen LogP contribution >= 0.6 is 0 Å². The molecule has 13 heavy (non-hydrogen) atoms. The van der Waals surface area contributed by atoms with Gasteiger partial charge in [0.05, 0.1) is 6.42 Å². The second-order valence-corrected chi connectivity index (χ2v) is 4.32. The van der Waals surface area contributed by atoms with Gasteiger partial charge in [0.1, 0.15) is 0 Å². The van der Waals surface area contributed by atoms with Gasteiger partial charge in [-0.25, -0.2) is 0 Å². The van der Waals surface area contributed by atoms with Crippen molar-refractivity contribution in [2.75, 3.05) is 6.54 Å². The lowest BCUT2D eigenvalue weighted by molar-refractivity contribution is -0.137. The molecule has 0 aromatic rings. The number of carboxylic acids is 1. The molecule has 0 spiro atoms. The van der Waals surface area contributed by atoms with E-state index in [9.17, 15) is 4.79 Å². The third-order valence-corrected chi connectivity index (χ3v) is 3.52. The van der Waals surface area contributed by atoms with Gasteiger partial charge in [0.25, 0.3) is 0 Å². The maximum absolute atomic E-state index is 10.6. The monoisotopic (exact) mass is 183 g/mol. The zero-order chi connectivity index (χ0) is 9.26. The zero-order valence-electron chi connectivity index (χ0n) is 7.83. The van der Waals surface area contributed by atoms with Crippen LogP contribution in [-0.4, -0.2) is 23.7 Å². The molecule has 2 N–H and O–H groups in total. The van der Waals surface area contributed by atoms with Gasteiger partial charge in [-0.3, -0.25) is 4.79 Å². The normalized spacial score (nSPS) is 38.6. The van der Waals surface area contributed by atoms with E-state index in [0.29, 0.717) is 12.3 Å². The van der Waals surface area contributed by atoms with Crippen LogP contribution in [0.15, 0.2) is 0 Å². The molecule has 1 aliphatic carbocycles. The first-order valence-electron chi connectivity index (χ1n) is 5.22. The second kappa shape index (κ2) is 3.66. The van der Waals surface area contributed by atoms with Gasteiger partial charge in [-0.05, 0) is 31.2 Å². The minimum atomic E-state index is -0.663. The molecular weight excluding hydrogens is 166 g/mol. The van der Waals surface area contributed by atoms with Crippen molar-refractivity contribution in [3.63, 3.8) is 0 Å². The number of rotatable bonds is 2. The topological polar surface area (TPSA) is 49.3 Å².